The lowest BCUT2D eigenvalue weighted by molar-refractivity contribution is -0.1000. The zero-order valence-corrected chi connectivity index (χ0v) is 34.5. The van der Waals surface area contributed by atoms with Crippen molar-refractivity contribution < 1.29 is 27.8 Å². The van der Waals surface area contributed by atoms with E-state index in [4.69, 9.17) is 21.1 Å². The second kappa shape index (κ2) is 17.4. The Morgan fingerprint density at radius 2 is 1.85 bits per heavy atom. The number of hydrogen-bond donors (Lipinski definition) is 2. The maximum atomic E-state index is 14.0. The molecule has 2 saturated heterocycles. The molecular formula is C43H61ClN4O6S. The number of fused-ring (bicyclic) bond motifs is 4. The number of piperazine rings is 1. The monoisotopic (exact) mass is 796 g/mol. The smallest absolute Gasteiger partial charge is 0.264 e. The molecule has 1 aliphatic carbocycles. The largest absolute Gasteiger partial charge is 0.487 e. The van der Waals surface area contributed by atoms with E-state index in [2.05, 4.69) is 31.6 Å². The van der Waals surface area contributed by atoms with Gasteiger partial charge in [0.05, 0.1) is 17.0 Å². The Morgan fingerprint density at radius 1 is 1.02 bits per heavy atom. The minimum atomic E-state index is -4.16. The van der Waals surface area contributed by atoms with Gasteiger partial charge in [0, 0.05) is 63.0 Å². The van der Waals surface area contributed by atoms with Gasteiger partial charge in [0.2, 0.25) is 10.0 Å². The number of ether oxygens (including phenoxy) is 2. The molecule has 0 aromatic heterocycles. The van der Waals surface area contributed by atoms with Crippen LogP contribution < -0.4 is 14.4 Å². The van der Waals surface area contributed by atoms with Crippen LogP contribution in [0.25, 0.3) is 0 Å². The van der Waals surface area contributed by atoms with Crippen molar-refractivity contribution in [2.75, 3.05) is 57.8 Å². The summed E-state index contributed by atoms with van der Waals surface area (Å²) in [6.45, 7) is 10.5. The highest BCUT2D eigenvalue weighted by atomic mass is 35.5. The molecule has 302 valence electrons. The average molecular weight is 798 g/mol. The van der Waals surface area contributed by atoms with E-state index in [0.29, 0.717) is 35.8 Å². The first-order valence-electron chi connectivity index (χ1n) is 20.7. The molecule has 7 atom stereocenters. The highest BCUT2D eigenvalue weighted by Gasteiger charge is 2.49. The second-order valence-electron chi connectivity index (χ2n) is 17.0. The van der Waals surface area contributed by atoms with E-state index in [1.54, 1.807) is 19.1 Å². The Kier molecular flexibility index (Phi) is 12.9. The fraction of sp³-hybridized carbons (Fsp3) is 0.651. The lowest BCUT2D eigenvalue weighted by Crippen LogP contribution is -2.61. The van der Waals surface area contributed by atoms with Gasteiger partial charge in [-0.2, -0.15) is 0 Å². The van der Waals surface area contributed by atoms with E-state index in [-0.39, 0.29) is 23.8 Å². The Morgan fingerprint density at radius 3 is 2.64 bits per heavy atom. The molecule has 55 heavy (non-hydrogen) atoms. The van der Waals surface area contributed by atoms with Crippen molar-refractivity contribution in [3.63, 3.8) is 0 Å². The predicted octanol–water partition coefficient (Wildman–Crippen LogP) is 6.44. The van der Waals surface area contributed by atoms with Crippen molar-refractivity contribution in [1.82, 2.24) is 14.5 Å². The zero-order valence-electron chi connectivity index (χ0n) is 32.9. The number of carbonyl (C=O) groups is 1. The third-order valence-electron chi connectivity index (χ3n) is 13.3. The van der Waals surface area contributed by atoms with Crippen molar-refractivity contribution in [2.24, 2.45) is 17.8 Å². The molecule has 4 heterocycles. The number of aryl methyl sites for hydroxylation is 1. The summed E-state index contributed by atoms with van der Waals surface area (Å²) in [5.74, 6) is 0.193. The second-order valence-corrected chi connectivity index (χ2v) is 19.4. The van der Waals surface area contributed by atoms with Gasteiger partial charge in [-0.15, -0.1) is 0 Å². The summed E-state index contributed by atoms with van der Waals surface area (Å²) in [7, 11) is -2.31. The molecule has 0 radical (unpaired) electrons. The average Bonchev–Trinajstić information content (AvgIpc) is 3.17. The Labute approximate surface area is 333 Å². The number of hydrogen-bond acceptors (Lipinski definition) is 9. The Balaban J connectivity index is 1.27. The third kappa shape index (κ3) is 9.23. The van der Waals surface area contributed by atoms with Crippen LogP contribution >= 0.6 is 11.6 Å². The quantitative estimate of drug-likeness (QED) is 0.331. The number of carbonyl (C=O) groups excluding carboxylic acids is 1. The number of methoxy groups -OCH3 is 1. The topological polar surface area (TPSA) is 112 Å². The number of rotatable bonds is 5. The molecule has 4 aliphatic heterocycles. The molecule has 10 nitrogen and oxygen atoms in total. The summed E-state index contributed by atoms with van der Waals surface area (Å²) in [5, 5.41) is 10.2. The van der Waals surface area contributed by atoms with Gasteiger partial charge in [-0.25, -0.2) is 13.1 Å². The maximum absolute atomic E-state index is 14.0. The van der Waals surface area contributed by atoms with Crippen LogP contribution in [0.1, 0.15) is 93.1 Å². The molecule has 2 bridgehead atoms. The summed E-state index contributed by atoms with van der Waals surface area (Å²) < 4.78 is 43.8. The Hall–Kier alpha value is -2.67. The summed E-state index contributed by atoms with van der Waals surface area (Å²) >= 11 is 6.42. The summed E-state index contributed by atoms with van der Waals surface area (Å²) in [6.07, 6.45) is 12.7. The van der Waals surface area contributed by atoms with Gasteiger partial charge >= 0.3 is 0 Å². The van der Waals surface area contributed by atoms with E-state index in [9.17, 15) is 18.3 Å². The molecule has 3 fully saturated rings. The van der Waals surface area contributed by atoms with Crippen LogP contribution in [0.5, 0.6) is 5.75 Å². The van der Waals surface area contributed by atoms with Gasteiger partial charge in [0.15, 0.2) is 0 Å². The standard InChI is InChI=1S/C43H61ClN4O6S/c1-30-9-8-18-43(53-3,29-46-21-22-47-19-7-5-11-37(47)27-46)38-16-13-34(38)26-48-20-6-4-10-32-24-36(44)15-12-35(32)28-54-40-17-14-33(25-39(40)48)42(50)45-55(51,52)41(30)23-31(2)49/h8,12,14-15,17-18,24-25,30-31,34,37-38,41,49H,4-7,9-11,13,16,19-23,26-29H2,1-3H3,(H,45,50)/b18-8+/t30-,31-,34-,37+,38+,41+,43-/m0/s1. The Bertz CT molecular complexity index is 1810. The minimum absolute atomic E-state index is 0.0158. The number of sulfonamides is 1. The normalized spacial score (nSPS) is 31.9. The first kappa shape index (κ1) is 40.5. The maximum Gasteiger partial charge on any atom is 0.264 e. The van der Waals surface area contributed by atoms with Crippen LogP contribution in [-0.2, 0) is 27.8 Å². The molecule has 2 N–H and O–H groups in total. The SMILES string of the molecule is CO[C@]1(CN2CCN3CCCC[C@@H]3C2)/C=C/C[C@H](C)[C@@H](C[C@H](C)O)S(=O)(=O)NC(=O)c2ccc3c(c2)N(CCCCc2cc(Cl)ccc2CO3)C[C@@H]2CC[C@H]21. The van der Waals surface area contributed by atoms with Crippen molar-refractivity contribution in [2.45, 2.75) is 108 Å². The minimum Gasteiger partial charge on any atom is -0.487 e. The van der Waals surface area contributed by atoms with Gasteiger partial charge in [0.1, 0.15) is 18.0 Å². The number of benzene rings is 2. The summed E-state index contributed by atoms with van der Waals surface area (Å²) in [4.78, 5) is 21.5. The van der Waals surface area contributed by atoms with Crippen molar-refractivity contribution >= 4 is 33.2 Å². The molecule has 1 amide bonds. The van der Waals surface area contributed by atoms with Gasteiger partial charge in [-0.3, -0.25) is 14.6 Å². The van der Waals surface area contributed by atoms with Crippen LogP contribution in [0.2, 0.25) is 5.02 Å². The van der Waals surface area contributed by atoms with E-state index >= 15 is 0 Å². The number of nitrogens with one attached hydrogen (secondary N) is 1. The lowest BCUT2D eigenvalue weighted by atomic mass is 9.63. The lowest BCUT2D eigenvalue weighted by Gasteiger charge is -2.53. The van der Waals surface area contributed by atoms with Crippen LogP contribution in [0.3, 0.4) is 0 Å². The molecule has 2 aromatic carbocycles. The number of amides is 1. The van der Waals surface area contributed by atoms with E-state index in [0.717, 1.165) is 82.6 Å². The molecule has 7 rings (SSSR count). The number of aliphatic hydroxyl groups is 1. The molecular weight excluding hydrogens is 736 g/mol. The molecule has 5 aliphatic rings. The van der Waals surface area contributed by atoms with Crippen LogP contribution in [0, 0.1) is 17.8 Å². The van der Waals surface area contributed by atoms with Gasteiger partial charge in [-0.05, 0) is 130 Å². The first-order valence-corrected chi connectivity index (χ1v) is 22.6. The van der Waals surface area contributed by atoms with E-state index in [1.807, 2.05) is 38.3 Å². The molecule has 0 spiro atoms. The van der Waals surface area contributed by atoms with E-state index < -0.39 is 32.9 Å². The van der Waals surface area contributed by atoms with Crippen LogP contribution in [0.15, 0.2) is 48.6 Å². The number of anilines is 1. The first-order chi connectivity index (χ1) is 26.4. The highest BCUT2D eigenvalue weighted by molar-refractivity contribution is 7.90. The number of nitrogens with zero attached hydrogens (tertiary/aromatic N) is 3. The van der Waals surface area contributed by atoms with Crippen molar-refractivity contribution in [3.8, 4) is 5.75 Å². The number of allylic oxidation sites excluding steroid dienone is 1. The van der Waals surface area contributed by atoms with Gasteiger partial charge in [0.25, 0.3) is 5.91 Å². The highest BCUT2D eigenvalue weighted by Crippen LogP contribution is 2.47. The fourth-order valence-corrected chi connectivity index (χ4v) is 12.0. The van der Waals surface area contributed by atoms with Gasteiger partial charge < -0.3 is 19.5 Å². The molecule has 12 heteroatoms. The third-order valence-corrected chi connectivity index (χ3v) is 15.4. The molecule has 2 aromatic rings. The van der Waals surface area contributed by atoms with Crippen molar-refractivity contribution in [3.05, 3.63) is 70.3 Å². The predicted molar refractivity (Wildman–Crippen MR) is 218 cm³/mol. The molecule has 1 saturated carbocycles. The molecule has 0 unspecified atom stereocenters. The van der Waals surface area contributed by atoms with Gasteiger partial charge in [-0.1, -0.05) is 43.2 Å². The summed E-state index contributed by atoms with van der Waals surface area (Å²) in [6, 6.07) is 11.8. The fourth-order valence-electron chi connectivity index (χ4n) is 9.98. The van der Waals surface area contributed by atoms with Crippen molar-refractivity contribution in [1.29, 1.82) is 0 Å². The zero-order chi connectivity index (χ0) is 38.7. The van der Waals surface area contributed by atoms with Crippen LogP contribution in [0.4, 0.5) is 5.69 Å². The number of halogens is 1. The number of aliphatic hydroxyl groups excluding tert-OH is 1. The van der Waals surface area contributed by atoms with Crippen LogP contribution in [-0.4, -0.2) is 105 Å². The summed E-state index contributed by atoms with van der Waals surface area (Å²) in [5.41, 5.74) is 2.75. The number of piperidine rings is 1. The van der Waals surface area contributed by atoms with E-state index in [1.165, 1.54) is 31.4 Å².